The van der Waals surface area contributed by atoms with Crippen LogP contribution in [0.1, 0.15) is 11.1 Å². The number of fused-ring (bicyclic) bond motifs is 2. The minimum absolute atomic E-state index is 0.00947. The van der Waals surface area contributed by atoms with Gasteiger partial charge in [0, 0.05) is 0 Å². The first-order chi connectivity index (χ1) is 10.7. The van der Waals surface area contributed by atoms with Gasteiger partial charge in [0.05, 0.1) is 0 Å². The summed E-state index contributed by atoms with van der Waals surface area (Å²) in [5, 5.41) is 0. The second-order valence-electron chi connectivity index (χ2n) is 5.71. The van der Waals surface area contributed by atoms with Crippen LogP contribution in [0.5, 0.6) is 0 Å². The number of imide groups is 1. The molecule has 3 nitrogen and oxygen atoms in total. The zero-order valence-electron chi connectivity index (χ0n) is 11.9. The van der Waals surface area contributed by atoms with Crippen LogP contribution in [0.25, 0.3) is 0 Å². The number of benzene rings is 2. The molecule has 4 rings (SSSR count). The van der Waals surface area contributed by atoms with Gasteiger partial charge in [-0.05, 0) is 0 Å². The minimum atomic E-state index is -0.147. The normalized spacial score (nSPS) is 23.4. The Balaban J connectivity index is 1.62. The molecule has 1 fully saturated rings. The average Bonchev–Trinajstić information content (AvgIpc) is 2.79. The number of likely N-dealkylation sites (tertiary alicyclic amines) is 1. The van der Waals surface area contributed by atoms with Crippen molar-refractivity contribution in [3.05, 3.63) is 65.7 Å². The molecule has 0 unspecified atom stereocenters. The van der Waals surface area contributed by atoms with Gasteiger partial charge in [-0.15, -0.1) is 0 Å². The average molecular weight is 356 g/mol. The van der Waals surface area contributed by atoms with Crippen molar-refractivity contribution in [2.75, 3.05) is 0 Å². The summed E-state index contributed by atoms with van der Waals surface area (Å²) in [7, 11) is 0. The summed E-state index contributed by atoms with van der Waals surface area (Å²) in [6.07, 6.45) is 0.707. The van der Waals surface area contributed by atoms with Gasteiger partial charge in [-0.2, -0.15) is 0 Å². The van der Waals surface area contributed by atoms with Crippen LogP contribution in [0.4, 0.5) is 0 Å². The molecule has 0 aliphatic carbocycles. The molecule has 2 aliphatic rings. The molecule has 0 saturated carbocycles. The van der Waals surface area contributed by atoms with Gasteiger partial charge in [0.2, 0.25) is 0 Å². The fraction of sp³-hybridized carbons (Fsp3) is 0.222. The second-order valence-corrected chi connectivity index (χ2v) is 8.19. The fourth-order valence-corrected chi connectivity index (χ4v) is 5.98. The van der Waals surface area contributed by atoms with E-state index in [9.17, 15) is 9.59 Å². The van der Waals surface area contributed by atoms with Crippen LogP contribution >= 0.6 is 0 Å². The zero-order valence-corrected chi connectivity index (χ0v) is 13.7. The quantitative estimate of drug-likeness (QED) is 0.605. The molecular formula is C18H15NO2Se. The van der Waals surface area contributed by atoms with Gasteiger partial charge in [-0.3, -0.25) is 0 Å². The molecule has 0 bridgehead atoms. The van der Waals surface area contributed by atoms with E-state index in [-0.39, 0.29) is 37.5 Å². The summed E-state index contributed by atoms with van der Waals surface area (Å²) < 4.78 is 1.28. The summed E-state index contributed by atoms with van der Waals surface area (Å²) in [5.74, 6) is -0.116. The van der Waals surface area contributed by atoms with E-state index < -0.39 is 0 Å². The maximum absolute atomic E-state index is 12.7. The van der Waals surface area contributed by atoms with E-state index >= 15 is 0 Å². The van der Waals surface area contributed by atoms with Gasteiger partial charge in [-0.25, -0.2) is 0 Å². The third-order valence-corrected chi connectivity index (χ3v) is 7.32. The van der Waals surface area contributed by atoms with Crippen LogP contribution in [0.3, 0.4) is 0 Å². The van der Waals surface area contributed by atoms with Crippen LogP contribution in [-0.2, 0) is 22.6 Å². The van der Waals surface area contributed by atoms with E-state index in [0.29, 0.717) is 13.0 Å². The van der Waals surface area contributed by atoms with Gasteiger partial charge in [0.1, 0.15) is 0 Å². The number of carbonyl (C=O) groups is 2. The monoisotopic (exact) mass is 357 g/mol. The van der Waals surface area contributed by atoms with Gasteiger partial charge in [-0.1, -0.05) is 0 Å². The van der Waals surface area contributed by atoms with E-state index in [2.05, 4.69) is 12.1 Å². The summed E-state index contributed by atoms with van der Waals surface area (Å²) in [6.45, 7) is 0.401. The molecule has 0 radical (unpaired) electrons. The van der Waals surface area contributed by atoms with Crippen molar-refractivity contribution in [1.82, 2.24) is 4.90 Å². The van der Waals surface area contributed by atoms with Gasteiger partial charge >= 0.3 is 135 Å². The molecule has 0 aromatic heterocycles. The second kappa shape index (κ2) is 5.38. The summed E-state index contributed by atoms with van der Waals surface area (Å²) in [5.41, 5.74) is 2.25. The third-order valence-electron chi connectivity index (χ3n) is 4.31. The Morgan fingerprint density at radius 1 is 0.955 bits per heavy atom. The van der Waals surface area contributed by atoms with Crippen LogP contribution in [0.2, 0.25) is 4.82 Å². The Bertz CT molecular complexity index is 701. The van der Waals surface area contributed by atoms with Gasteiger partial charge in [0.25, 0.3) is 0 Å². The molecule has 2 atom stereocenters. The molecule has 1 saturated heterocycles. The number of nitrogens with zero attached hydrogens (tertiary/aromatic N) is 1. The molecular weight excluding hydrogens is 341 g/mol. The molecule has 2 aromatic rings. The third kappa shape index (κ3) is 2.20. The fourth-order valence-electron chi connectivity index (χ4n) is 3.17. The molecule has 0 spiro atoms. The van der Waals surface area contributed by atoms with Crippen molar-refractivity contribution in [2.45, 2.75) is 17.8 Å². The molecule has 4 heteroatoms. The number of hydrogen-bond donors (Lipinski definition) is 0. The van der Waals surface area contributed by atoms with Crippen LogP contribution in [0, 0.1) is 5.92 Å². The summed E-state index contributed by atoms with van der Waals surface area (Å²) >= 11 is 0.0533. The maximum atomic E-state index is 12.7. The number of amides is 2. The molecule has 2 aromatic carbocycles. The first kappa shape index (κ1) is 13.7. The Morgan fingerprint density at radius 3 is 2.50 bits per heavy atom. The zero-order chi connectivity index (χ0) is 15.1. The number of rotatable bonds is 2. The molecule has 2 aliphatic heterocycles. The predicted molar refractivity (Wildman–Crippen MR) is 84.8 cm³/mol. The van der Waals surface area contributed by atoms with Crippen molar-refractivity contribution >= 4 is 31.2 Å². The Hall–Kier alpha value is -1.90. The summed E-state index contributed by atoms with van der Waals surface area (Å²) in [4.78, 5) is 26.7. The first-order valence-electron chi connectivity index (χ1n) is 7.38. The van der Waals surface area contributed by atoms with Crippen molar-refractivity contribution in [1.29, 1.82) is 0 Å². The van der Waals surface area contributed by atoms with E-state index in [4.69, 9.17) is 0 Å². The molecule has 0 N–H and O–H groups in total. The number of hydrogen-bond acceptors (Lipinski definition) is 2. The van der Waals surface area contributed by atoms with Crippen molar-refractivity contribution < 1.29 is 9.59 Å². The SMILES string of the molecule is O=C1[C@H]2Cc3ccccc3[Se][C@H]2C(=O)N1Cc1ccccc1. The Labute approximate surface area is 135 Å². The van der Waals surface area contributed by atoms with Crippen LogP contribution in [0.15, 0.2) is 54.6 Å². The molecule has 110 valence electrons. The Morgan fingerprint density at radius 2 is 1.68 bits per heavy atom. The molecule has 22 heavy (non-hydrogen) atoms. The van der Waals surface area contributed by atoms with Crippen LogP contribution in [-0.4, -0.2) is 31.7 Å². The molecule has 2 amide bonds. The van der Waals surface area contributed by atoms with Gasteiger partial charge < -0.3 is 0 Å². The van der Waals surface area contributed by atoms with Crippen LogP contribution < -0.4 is 4.46 Å². The standard InChI is InChI=1S/C18H15NO2Se/c20-17-14-10-13-8-4-5-9-15(13)22-16(14)18(21)19(17)11-12-6-2-1-3-7-12/h1-9,14,16H,10-11H2/t14-,16+/m0/s1. The van der Waals surface area contributed by atoms with E-state index in [1.807, 2.05) is 42.5 Å². The van der Waals surface area contributed by atoms with E-state index in [1.54, 1.807) is 0 Å². The number of carbonyl (C=O) groups excluding carboxylic acids is 2. The predicted octanol–water partition coefficient (Wildman–Crippen LogP) is 1.55. The van der Waals surface area contributed by atoms with E-state index in [1.165, 1.54) is 14.9 Å². The topological polar surface area (TPSA) is 37.4 Å². The van der Waals surface area contributed by atoms with Gasteiger partial charge in [0.15, 0.2) is 0 Å². The van der Waals surface area contributed by atoms with Crippen molar-refractivity contribution in [3.8, 4) is 0 Å². The first-order valence-corrected chi connectivity index (χ1v) is 9.22. The van der Waals surface area contributed by atoms with Crippen molar-refractivity contribution in [2.24, 2.45) is 5.92 Å². The van der Waals surface area contributed by atoms with Crippen molar-refractivity contribution in [3.63, 3.8) is 0 Å². The Kier molecular flexibility index (Phi) is 3.36. The van der Waals surface area contributed by atoms with E-state index in [0.717, 1.165) is 5.56 Å². The molecule has 2 heterocycles. The summed E-state index contributed by atoms with van der Waals surface area (Å²) in [6, 6.07) is 18.0.